The highest BCUT2D eigenvalue weighted by atomic mass is 16.5. The third-order valence-electron chi connectivity index (χ3n) is 3.21. The molecule has 0 aliphatic heterocycles. The van der Waals surface area contributed by atoms with Crippen LogP contribution in [-0.2, 0) is 0 Å². The number of carbonyl (C=O) groups is 2. The van der Waals surface area contributed by atoms with Crippen LogP contribution in [-0.4, -0.2) is 27.3 Å². The molecule has 0 unspecified atom stereocenters. The van der Waals surface area contributed by atoms with Crippen LogP contribution in [0.5, 0.6) is 11.5 Å². The maximum absolute atomic E-state index is 11.7. The normalized spacial score (nSPS) is 10.1. The SMILES string of the molecule is BCC(=O)c1ccc(Oc2cccc(C(=O)CB)c2)cc1. The largest absolute Gasteiger partial charge is 0.457 e. The monoisotopic (exact) mass is 278 g/mol. The van der Waals surface area contributed by atoms with Crippen molar-refractivity contribution in [2.75, 3.05) is 0 Å². The van der Waals surface area contributed by atoms with Crippen molar-refractivity contribution in [2.24, 2.45) is 0 Å². The summed E-state index contributed by atoms with van der Waals surface area (Å²) >= 11 is 0. The van der Waals surface area contributed by atoms with E-state index in [0.717, 1.165) is 0 Å². The van der Waals surface area contributed by atoms with Gasteiger partial charge in [-0.25, -0.2) is 0 Å². The molecule has 21 heavy (non-hydrogen) atoms. The number of benzene rings is 2. The Hall–Kier alpha value is -2.29. The molecule has 0 radical (unpaired) electrons. The van der Waals surface area contributed by atoms with Gasteiger partial charge in [0.2, 0.25) is 0 Å². The molecule has 2 rings (SSSR count). The van der Waals surface area contributed by atoms with Crippen LogP contribution >= 0.6 is 0 Å². The van der Waals surface area contributed by atoms with Crippen LogP contribution in [0.25, 0.3) is 0 Å². The smallest absolute Gasteiger partial charge is 0.155 e. The Labute approximate surface area is 126 Å². The highest BCUT2D eigenvalue weighted by Crippen LogP contribution is 2.23. The van der Waals surface area contributed by atoms with Gasteiger partial charge in [0.05, 0.1) is 0 Å². The van der Waals surface area contributed by atoms with Crippen molar-refractivity contribution in [3.63, 3.8) is 0 Å². The zero-order valence-corrected chi connectivity index (χ0v) is 12.3. The van der Waals surface area contributed by atoms with Gasteiger partial charge >= 0.3 is 0 Å². The summed E-state index contributed by atoms with van der Waals surface area (Å²) < 4.78 is 5.72. The molecule has 2 aromatic carbocycles. The summed E-state index contributed by atoms with van der Waals surface area (Å²) in [5.74, 6) is 1.45. The molecular weight excluding hydrogens is 262 g/mol. The van der Waals surface area contributed by atoms with Gasteiger partial charge in [-0.3, -0.25) is 9.59 Å². The lowest BCUT2D eigenvalue weighted by molar-refractivity contribution is 0.100. The van der Waals surface area contributed by atoms with Crippen molar-refractivity contribution in [3.05, 3.63) is 59.7 Å². The zero-order valence-electron chi connectivity index (χ0n) is 12.3. The van der Waals surface area contributed by atoms with Crippen LogP contribution in [0, 0.1) is 0 Å². The molecule has 3 nitrogen and oxygen atoms in total. The molecule has 0 aliphatic rings. The highest BCUT2D eigenvalue weighted by Gasteiger charge is 2.06. The summed E-state index contributed by atoms with van der Waals surface area (Å²) in [6.45, 7) is 0. The summed E-state index contributed by atoms with van der Waals surface area (Å²) in [4.78, 5) is 23.2. The Morgan fingerprint density at radius 2 is 1.43 bits per heavy atom. The second-order valence-electron chi connectivity index (χ2n) is 4.71. The molecule has 0 bridgehead atoms. The quantitative estimate of drug-likeness (QED) is 0.599. The van der Waals surface area contributed by atoms with Crippen molar-refractivity contribution in [1.29, 1.82) is 0 Å². The van der Waals surface area contributed by atoms with E-state index in [1.165, 1.54) is 0 Å². The summed E-state index contributed by atoms with van der Waals surface area (Å²) in [5.41, 5.74) is 1.33. The molecule has 0 aromatic heterocycles. The van der Waals surface area contributed by atoms with E-state index >= 15 is 0 Å². The Morgan fingerprint density at radius 1 is 0.810 bits per heavy atom. The second kappa shape index (κ2) is 6.93. The first kappa shape index (κ1) is 15.1. The minimum atomic E-state index is 0.0874. The van der Waals surface area contributed by atoms with Gasteiger partial charge in [-0.05, 0) is 49.0 Å². The van der Waals surface area contributed by atoms with E-state index in [9.17, 15) is 9.59 Å². The first-order chi connectivity index (χ1) is 10.1. The molecule has 0 saturated carbocycles. The molecule has 0 atom stereocenters. The topological polar surface area (TPSA) is 43.4 Å². The van der Waals surface area contributed by atoms with Gasteiger partial charge in [0, 0.05) is 11.1 Å². The number of rotatable bonds is 6. The van der Waals surface area contributed by atoms with Gasteiger partial charge in [0.15, 0.2) is 11.6 Å². The molecule has 0 aliphatic carbocycles. The van der Waals surface area contributed by atoms with E-state index < -0.39 is 0 Å². The molecule has 104 valence electrons. The summed E-state index contributed by atoms with van der Waals surface area (Å²) in [6, 6.07) is 14.1. The number of ketones is 2. The van der Waals surface area contributed by atoms with Crippen molar-refractivity contribution in [2.45, 2.75) is 12.6 Å². The van der Waals surface area contributed by atoms with E-state index in [4.69, 9.17) is 4.74 Å². The second-order valence-corrected chi connectivity index (χ2v) is 4.71. The number of ether oxygens (including phenoxy) is 1. The summed E-state index contributed by atoms with van der Waals surface area (Å²) in [5, 5.41) is 0. The molecule has 5 heteroatoms. The molecular formula is C16H16B2O3. The van der Waals surface area contributed by atoms with Gasteiger partial charge in [0.25, 0.3) is 0 Å². The molecule has 2 aromatic rings. The van der Waals surface area contributed by atoms with Crippen LogP contribution in [0.1, 0.15) is 20.7 Å². The van der Waals surface area contributed by atoms with E-state index in [2.05, 4.69) is 0 Å². The lowest BCUT2D eigenvalue weighted by Crippen LogP contribution is -1.98. The van der Waals surface area contributed by atoms with E-state index in [0.29, 0.717) is 35.3 Å². The van der Waals surface area contributed by atoms with Crippen molar-refractivity contribution >= 4 is 27.3 Å². The average Bonchev–Trinajstić information content (AvgIpc) is 2.54. The predicted molar refractivity (Wildman–Crippen MR) is 88.3 cm³/mol. The van der Waals surface area contributed by atoms with Crippen LogP contribution in [0.15, 0.2) is 48.5 Å². The van der Waals surface area contributed by atoms with Gasteiger partial charge in [-0.15, -0.1) is 0 Å². The molecule has 0 amide bonds. The first-order valence-corrected chi connectivity index (χ1v) is 7.08. The van der Waals surface area contributed by atoms with Crippen LogP contribution in [0.3, 0.4) is 0 Å². The molecule has 0 heterocycles. The fourth-order valence-electron chi connectivity index (χ4n) is 1.99. The van der Waals surface area contributed by atoms with E-state index in [1.807, 2.05) is 15.7 Å². The van der Waals surface area contributed by atoms with E-state index in [-0.39, 0.29) is 11.6 Å². The lowest BCUT2D eigenvalue weighted by Gasteiger charge is -2.07. The maximum Gasteiger partial charge on any atom is 0.155 e. The third kappa shape index (κ3) is 3.85. The summed E-state index contributed by atoms with van der Waals surface area (Å²) in [6.07, 6.45) is 0.957. The Kier molecular flexibility index (Phi) is 4.99. The Morgan fingerprint density at radius 3 is 2.05 bits per heavy atom. The first-order valence-electron chi connectivity index (χ1n) is 7.08. The van der Waals surface area contributed by atoms with Gasteiger partial charge < -0.3 is 4.74 Å². The number of hydrogen-bond acceptors (Lipinski definition) is 3. The molecule has 0 fully saturated rings. The van der Waals surface area contributed by atoms with E-state index in [1.54, 1.807) is 48.5 Å². The zero-order chi connectivity index (χ0) is 15.2. The van der Waals surface area contributed by atoms with Gasteiger partial charge in [0.1, 0.15) is 27.2 Å². The lowest BCUT2D eigenvalue weighted by atomic mass is 9.96. The predicted octanol–water partition coefficient (Wildman–Crippen LogP) is 1.95. The average molecular weight is 278 g/mol. The molecule has 0 N–H and O–H groups in total. The van der Waals surface area contributed by atoms with Crippen LogP contribution in [0.4, 0.5) is 0 Å². The van der Waals surface area contributed by atoms with Gasteiger partial charge in [-0.1, -0.05) is 12.1 Å². The fourth-order valence-corrected chi connectivity index (χ4v) is 1.99. The minimum Gasteiger partial charge on any atom is -0.457 e. The Bertz CT molecular complexity index is 651. The minimum absolute atomic E-state index is 0.0874. The number of Topliss-reactive ketones (excluding diaryl/α,β-unsaturated/α-hetero) is 2. The number of carbonyl (C=O) groups excluding carboxylic acids is 2. The van der Waals surface area contributed by atoms with Crippen LogP contribution < -0.4 is 4.74 Å². The summed E-state index contributed by atoms with van der Waals surface area (Å²) in [7, 11) is 3.67. The maximum atomic E-state index is 11.7. The third-order valence-corrected chi connectivity index (χ3v) is 3.21. The Balaban J connectivity index is 2.15. The number of hydrogen-bond donors (Lipinski definition) is 0. The van der Waals surface area contributed by atoms with Gasteiger partial charge in [-0.2, -0.15) is 0 Å². The van der Waals surface area contributed by atoms with Crippen molar-refractivity contribution in [3.8, 4) is 11.5 Å². The van der Waals surface area contributed by atoms with Crippen molar-refractivity contribution < 1.29 is 14.3 Å². The highest BCUT2D eigenvalue weighted by molar-refractivity contribution is 6.24. The van der Waals surface area contributed by atoms with Crippen LogP contribution in [0.2, 0.25) is 12.6 Å². The fraction of sp³-hybridized carbons (Fsp3) is 0.125. The standard InChI is InChI=1S/C16H16B2O3/c17-9-15(19)11-4-6-13(7-5-11)21-14-3-1-2-12(8-14)16(20)10-18/h1-8H,9-10,17-18H2. The molecule has 0 spiro atoms. The van der Waals surface area contributed by atoms with Crippen molar-refractivity contribution in [1.82, 2.24) is 0 Å². The molecule has 0 saturated heterocycles.